The first-order valence-electron chi connectivity index (χ1n) is 9.05. The van der Waals surface area contributed by atoms with Crippen molar-refractivity contribution in [2.75, 3.05) is 7.11 Å². The number of methoxy groups -OCH3 is 1. The van der Waals surface area contributed by atoms with Crippen LogP contribution in [0.4, 0.5) is 4.39 Å². The molecule has 0 atom stereocenters. The Kier molecular flexibility index (Phi) is 5.16. The van der Waals surface area contributed by atoms with E-state index in [1.807, 2.05) is 36.4 Å². The fourth-order valence-electron chi connectivity index (χ4n) is 3.08. The minimum atomic E-state index is -0.319. The molecule has 0 aliphatic heterocycles. The summed E-state index contributed by atoms with van der Waals surface area (Å²) in [6.45, 7) is 0.249. The minimum Gasteiger partial charge on any atom is -0.497 e. The Morgan fingerprint density at radius 2 is 1.62 bits per heavy atom. The average Bonchev–Trinajstić information content (AvgIpc) is 2.77. The van der Waals surface area contributed by atoms with E-state index in [4.69, 9.17) is 4.74 Å². The Balaban J connectivity index is 1.84. The smallest absolute Gasteiger partial charge is 0.267 e. The van der Waals surface area contributed by atoms with Crippen molar-refractivity contribution in [2.24, 2.45) is 0 Å². The van der Waals surface area contributed by atoms with Gasteiger partial charge in [0.05, 0.1) is 19.3 Å². The molecule has 144 valence electrons. The molecule has 0 aliphatic carbocycles. The van der Waals surface area contributed by atoms with Gasteiger partial charge in [-0.15, -0.1) is 0 Å². The Bertz CT molecular complexity index is 1170. The van der Waals surface area contributed by atoms with Crippen molar-refractivity contribution in [3.8, 4) is 28.1 Å². The number of nitrogens with zero attached hydrogens (tertiary/aromatic N) is 3. The molecule has 6 heteroatoms. The maximum absolute atomic E-state index is 13.2. The summed E-state index contributed by atoms with van der Waals surface area (Å²) in [7, 11) is 1.61. The molecule has 0 fully saturated rings. The molecular formula is C23H18FN3O2. The van der Waals surface area contributed by atoms with Gasteiger partial charge in [-0.2, -0.15) is 5.10 Å². The van der Waals surface area contributed by atoms with Crippen molar-refractivity contribution in [3.63, 3.8) is 0 Å². The van der Waals surface area contributed by atoms with E-state index in [1.54, 1.807) is 37.7 Å². The van der Waals surface area contributed by atoms with Crippen molar-refractivity contribution in [3.05, 3.63) is 101 Å². The van der Waals surface area contributed by atoms with Crippen LogP contribution in [0.2, 0.25) is 0 Å². The van der Waals surface area contributed by atoms with E-state index >= 15 is 0 Å². The molecule has 5 nitrogen and oxygen atoms in total. The number of pyridine rings is 1. The highest BCUT2D eigenvalue weighted by Gasteiger charge is 2.14. The van der Waals surface area contributed by atoms with Gasteiger partial charge in [0.25, 0.3) is 5.56 Å². The zero-order chi connectivity index (χ0) is 20.2. The lowest BCUT2D eigenvalue weighted by Gasteiger charge is -2.13. The van der Waals surface area contributed by atoms with Crippen molar-refractivity contribution in [1.29, 1.82) is 0 Å². The number of rotatable bonds is 5. The highest BCUT2D eigenvalue weighted by molar-refractivity contribution is 5.80. The van der Waals surface area contributed by atoms with Gasteiger partial charge >= 0.3 is 0 Å². The molecule has 0 saturated carbocycles. The predicted octanol–water partition coefficient (Wildman–Crippen LogP) is 4.17. The lowest BCUT2D eigenvalue weighted by atomic mass is 10.0. The number of hydrogen-bond acceptors (Lipinski definition) is 4. The van der Waals surface area contributed by atoms with Crippen LogP contribution in [0.15, 0.2) is 83.9 Å². The molecule has 4 aromatic rings. The van der Waals surface area contributed by atoms with E-state index in [1.165, 1.54) is 16.8 Å². The van der Waals surface area contributed by atoms with Gasteiger partial charge in [0.2, 0.25) is 0 Å². The lowest BCUT2D eigenvalue weighted by molar-refractivity contribution is 0.415. The number of hydrogen-bond donors (Lipinski definition) is 0. The van der Waals surface area contributed by atoms with E-state index in [0.29, 0.717) is 5.69 Å². The standard InChI is InChI=1S/C23H18FN3O2/c1-29-20-8-4-18(5-9-20)23-21(17-10-12-25-13-11-17)14-22(28)27(26-23)15-16-2-6-19(24)7-3-16/h2-14H,15H2,1H3. The van der Waals surface area contributed by atoms with E-state index in [2.05, 4.69) is 10.1 Å². The van der Waals surface area contributed by atoms with Gasteiger partial charge in [-0.25, -0.2) is 9.07 Å². The summed E-state index contributed by atoms with van der Waals surface area (Å²) in [4.78, 5) is 16.8. The zero-order valence-corrected chi connectivity index (χ0v) is 15.7. The van der Waals surface area contributed by atoms with Gasteiger partial charge in [0, 0.05) is 29.6 Å². The van der Waals surface area contributed by atoms with Crippen LogP contribution < -0.4 is 10.3 Å². The van der Waals surface area contributed by atoms with Gasteiger partial charge < -0.3 is 4.74 Å². The molecule has 0 aliphatic rings. The quantitative estimate of drug-likeness (QED) is 0.516. The van der Waals surface area contributed by atoms with E-state index < -0.39 is 0 Å². The Morgan fingerprint density at radius 3 is 2.28 bits per heavy atom. The molecule has 0 N–H and O–H groups in total. The summed E-state index contributed by atoms with van der Waals surface area (Å²) in [5.41, 5.74) is 3.64. The first-order chi connectivity index (χ1) is 14.1. The average molecular weight is 387 g/mol. The van der Waals surface area contributed by atoms with Crippen LogP contribution >= 0.6 is 0 Å². The highest BCUT2D eigenvalue weighted by Crippen LogP contribution is 2.30. The fraction of sp³-hybridized carbons (Fsp3) is 0.0870. The van der Waals surface area contributed by atoms with Gasteiger partial charge in [0.1, 0.15) is 11.6 Å². The second-order valence-electron chi connectivity index (χ2n) is 6.49. The molecule has 0 radical (unpaired) electrons. The molecule has 0 saturated heterocycles. The van der Waals surface area contributed by atoms with Crippen molar-refractivity contribution >= 4 is 0 Å². The SMILES string of the molecule is COc1ccc(-c2nn(Cc3ccc(F)cc3)c(=O)cc2-c2ccncc2)cc1. The van der Waals surface area contributed by atoms with E-state index in [0.717, 1.165) is 28.0 Å². The minimum absolute atomic E-state index is 0.238. The number of ether oxygens (including phenoxy) is 1. The van der Waals surface area contributed by atoms with E-state index in [9.17, 15) is 9.18 Å². The summed E-state index contributed by atoms with van der Waals surface area (Å²) in [5.74, 6) is 0.417. The largest absolute Gasteiger partial charge is 0.497 e. The summed E-state index contributed by atoms with van der Waals surface area (Å²) in [6.07, 6.45) is 3.36. The highest BCUT2D eigenvalue weighted by atomic mass is 19.1. The third-order valence-corrected chi connectivity index (χ3v) is 4.60. The molecule has 0 spiro atoms. The van der Waals surface area contributed by atoms with Gasteiger partial charge in [-0.3, -0.25) is 9.78 Å². The third-order valence-electron chi connectivity index (χ3n) is 4.60. The van der Waals surface area contributed by atoms with E-state index in [-0.39, 0.29) is 17.9 Å². The number of benzene rings is 2. The first kappa shape index (κ1) is 18.6. The monoisotopic (exact) mass is 387 g/mol. The Hall–Kier alpha value is -3.80. The third kappa shape index (κ3) is 4.06. The molecule has 2 aromatic carbocycles. The van der Waals surface area contributed by atoms with Gasteiger partial charge in [-0.05, 0) is 59.7 Å². The first-order valence-corrected chi connectivity index (χ1v) is 9.05. The van der Waals surface area contributed by atoms with Gasteiger partial charge in [0.15, 0.2) is 0 Å². The maximum Gasteiger partial charge on any atom is 0.267 e. The van der Waals surface area contributed by atoms with Crippen molar-refractivity contribution in [2.45, 2.75) is 6.54 Å². The maximum atomic E-state index is 13.2. The number of aromatic nitrogens is 3. The van der Waals surface area contributed by atoms with Crippen LogP contribution in [-0.4, -0.2) is 21.9 Å². The summed E-state index contributed by atoms with van der Waals surface area (Å²) in [6, 6.07) is 18.8. The molecule has 4 rings (SSSR count). The molecule has 29 heavy (non-hydrogen) atoms. The van der Waals surface area contributed by atoms with Crippen LogP contribution in [0, 0.1) is 5.82 Å². The Labute approximate surface area is 167 Å². The second-order valence-corrected chi connectivity index (χ2v) is 6.49. The van der Waals surface area contributed by atoms with Crippen molar-refractivity contribution in [1.82, 2.24) is 14.8 Å². The summed E-state index contributed by atoms with van der Waals surface area (Å²) < 4.78 is 19.8. The molecular weight excluding hydrogens is 369 g/mol. The van der Waals surface area contributed by atoms with Crippen LogP contribution in [-0.2, 0) is 6.54 Å². The van der Waals surface area contributed by atoms with Gasteiger partial charge in [-0.1, -0.05) is 12.1 Å². The summed E-state index contributed by atoms with van der Waals surface area (Å²) in [5, 5.41) is 4.64. The molecule has 0 unspecified atom stereocenters. The fourth-order valence-corrected chi connectivity index (χ4v) is 3.08. The summed E-state index contributed by atoms with van der Waals surface area (Å²) >= 11 is 0. The second kappa shape index (κ2) is 8.06. The molecule has 0 amide bonds. The van der Waals surface area contributed by atoms with Crippen LogP contribution in [0.3, 0.4) is 0 Å². The van der Waals surface area contributed by atoms with Crippen LogP contribution in [0.1, 0.15) is 5.56 Å². The molecule has 0 bridgehead atoms. The molecule has 2 aromatic heterocycles. The van der Waals surface area contributed by atoms with Crippen LogP contribution in [0.25, 0.3) is 22.4 Å². The normalized spacial score (nSPS) is 10.7. The topological polar surface area (TPSA) is 57.0 Å². The predicted molar refractivity (Wildman–Crippen MR) is 109 cm³/mol. The number of halogens is 1. The van der Waals surface area contributed by atoms with Crippen molar-refractivity contribution < 1.29 is 9.13 Å². The lowest BCUT2D eigenvalue weighted by Crippen LogP contribution is -2.24. The molecule has 2 heterocycles. The zero-order valence-electron chi connectivity index (χ0n) is 15.7. The Morgan fingerprint density at radius 1 is 0.931 bits per heavy atom. The van der Waals surface area contributed by atoms with Crippen LogP contribution in [0.5, 0.6) is 5.75 Å².